The van der Waals surface area contributed by atoms with E-state index in [-0.39, 0.29) is 6.04 Å². The highest BCUT2D eigenvalue weighted by atomic mass is 16.5. The van der Waals surface area contributed by atoms with Crippen molar-refractivity contribution < 1.29 is 4.74 Å². The van der Waals surface area contributed by atoms with Crippen LogP contribution in [0.25, 0.3) is 11.4 Å². The van der Waals surface area contributed by atoms with Crippen molar-refractivity contribution in [2.24, 2.45) is 0 Å². The fraction of sp³-hybridized carbons (Fsp3) is 0.333. The van der Waals surface area contributed by atoms with Crippen molar-refractivity contribution in [2.45, 2.75) is 25.5 Å². The van der Waals surface area contributed by atoms with Crippen molar-refractivity contribution in [3.63, 3.8) is 0 Å². The van der Waals surface area contributed by atoms with Crippen molar-refractivity contribution in [2.75, 3.05) is 18.6 Å². The smallest absolute Gasteiger partial charge is 0.181 e. The highest BCUT2D eigenvalue weighted by molar-refractivity contribution is 5.54. The van der Waals surface area contributed by atoms with Crippen LogP contribution in [-0.2, 0) is 11.3 Å². The minimum Gasteiger partial charge on any atom is -0.377 e. The van der Waals surface area contributed by atoms with Gasteiger partial charge in [0.1, 0.15) is 18.2 Å². The highest BCUT2D eigenvalue weighted by Crippen LogP contribution is 2.34. The first-order chi connectivity index (χ1) is 12.3. The van der Waals surface area contributed by atoms with E-state index in [2.05, 4.69) is 25.1 Å². The molecule has 1 aromatic carbocycles. The molecular weight excluding hydrogens is 316 g/mol. The third kappa shape index (κ3) is 3.23. The highest BCUT2D eigenvalue weighted by Gasteiger charge is 2.30. The van der Waals surface area contributed by atoms with Gasteiger partial charge < -0.3 is 9.64 Å². The van der Waals surface area contributed by atoms with Gasteiger partial charge in [-0.05, 0) is 18.9 Å². The lowest BCUT2D eigenvalue weighted by Crippen LogP contribution is -2.25. The van der Waals surface area contributed by atoms with Gasteiger partial charge in [-0.2, -0.15) is 5.10 Å². The summed E-state index contributed by atoms with van der Waals surface area (Å²) in [7, 11) is 1.65. The molecule has 128 valence electrons. The van der Waals surface area contributed by atoms with Gasteiger partial charge in [-0.3, -0.25) is 5.10 Å². The second-order valence-corrected chi connectivity index (χ2v) is 6.03. The molecular formula is C18H20N6O. The van der Waals surface area contributed by atoms with Crippen molar-refractivity contribution in [1.82, 2.24) is 25.1 Å². The number of nitrogens with one attached hydrogen (secondary N) is 1. The molecule has 4 rings (SSSR count). The molecule has 0 spiro atoms. The zero-order chi connectivity index (χ0) is 17.1. The Bertz CT molecular complexity index is 834. The quantitative estimate of drug-likeness (QED) is 0.772. The molecule has 2 aromatic heterocycles. The first kappa shape index (κ1) is 15.7. The molecule has 25 heavy (non-hydrogen) atoms. The maximum Gasteiger partial charge on any atom is 0.181 e. The second kappa shape index (κ2) is 6.98. The molecule has 1 unspecified atom stereocenters. The van der Waals surface area contributed by atoms with Crippen molar-refractivity contribution in [3.05, 3.63) is 54.2 Å². The lowest BCUT2D eigenvalue weighted by Gasteiger charge is -2.24. The van der Waals surface area contributed by atoms with Gasteiger partial charge in [-0.15, -0.1) is 0 Å². The number of H-pyrrole nitrogens is 1. The topological polar surface area (TPSA) is 79.8 Å². The van der Waals surface area contributed by atoms with Crippen molar-refractivity contribution >= 4 is 5.82 Å². The maximum absolute atomic E-state index is 5.14. The lowest BCUT2D eigenvalue weighted by molar-refractivity contribution is 0.178. The SMILES string of the molecule is COCc1nccc(N2CCCC2c2nc(-c3ccccc3)n[nH]2)n1. The van der Waals surface area contributed by atoms with Crippen LogP contribution < -0.4 is 4.90 Å². The minimum atomic E-state index is 0.148. The van der Waals surface area contributed by atoms with E-state index in [1.165, 1.54) is 0 Å². The zero-order valence-corrected chi connectivity index (χ0v) is 14.1. The number of benzene rings is 1. The molecule has 1 aliphatic heterocycles. The molecule has 1 saturated heterocycles. The van der Waals surface area contributed by atoms with E-state index >= 15 is 0 Å². The van der Waals surface area contributed by atoms with Gasteiger partial charge in [0.2, 0.25) is 0 Å². The Morgan fingerprint density at radius 3 is 2.92 bits per heavy atom. The minimum absolute atomic E-state index is 0.148. The summed E-state index contributed by atoms with van der Waals surface area (Å²) in [5.74, 6) is 3.20. The molecule has 1 aliphatic rings. The van der Waals surface area contributed by atoms with Crippen LogP contribution in [0.2, 0.25) is 0 Å². The van der Waals surface area contributed by atoms with Crippen LogP contribution in [0.4, 0.5) is 5.82 Å². The summed E-state index contributed by atoms with van der Waals surface area (Å²) in [6, 6.07) is 12.1. The Hall–Kier alpha value is -2.80. The molecule has 0 bridgehead atoms. The largest absolute Gasteiger partial charge is 0.377 e. The molecule has 0 aliphatic carbocycles. The average molecular weight is 336 g/mol. The normalized spacial score (nSPS) is 17.2. The van der Waals surface area contributed by atoms with Gasteiger partial charge in [0.05, 0.1) is 6.04 Å². The second-order valence-electron chi connectivity index (χ2n) is 6.03. The van der Waals surface area contributed by atoms with Gasteiger partial charge in [-0.25, -0.2) is 15.0 Å². The Kier molecular flexibility index (Phi) is 4.39. The van der Waals surface area contributed by atoms with Crippen LogP contribution in [0.3, 0.4) is 0 Å². The van der Waals surface area contributed by atoms with Gasteiger partial charge in [0, 0.05) is 25.4 Å². The van der Waals surface area contributed by atoms with E-state index in [0.29, 0.717) is 12.4 Å². The number of anilines is 1. The number of methoxy groups -OCH3 is 1. The van der Waals surface area contributed by atoms with E-state index in [4.69, 9.17) is 9.72 Å². The number of rotatable bonds is 5. The lowest BCUT2D eigenvalue weighted by atomic mass is 10.2. The number of hydrogen-bond acceptors (Lipinski definition) is 6. The molecule has 0 amide bonds. The molecule has 3 heterocycles. The van der Waals surface area contributed by atoms with Crippen LogP contribution in [0, 0.1) is 0 Å². The first-order valence-electron chi connectivity index (χ1n) is 8.40. The van der Waals surface area contributed by atoms with E-state index < -0.39 is 0 Å². The Balaban J connectivity index is 1.60. The fourth-order valence-electron chi connectivity index (χ4n) is 3.21. The summed E-state index contributed by atoms with van der Waals surface area (Å²) in [6.07, 6.45) is 3.89. The van der Waals surface area contributed by atoms with Crippen LogP contribution >= 0.6 is 0 Å². The van der Waals surface area contributed by atoms with Gasteiger partial charge >= 0.3 is 0 Å². The van der Waals surface area contributed by atoms with Crippen molar-refractivity contribution in [1.29, 1.82) is 0 Å². The third-order valence-electron chi connectivity index (χ3n) is 4.36. The molecule has 3 aromatic rings. The molecule has 0 radical (unpaired) electrons. The van der Waals surface area contributed by atoms with Crippen LogP contribution in [0.15, 0.2) is 42.6 Å². The van der Waals surface area contributed by atoms with Crippen LogP contribution in [0.1, 0.15) is 30.5 Å². The molecule has 1 atom stereocenters. The first-order valence-corrected chi connectivity index (χ1v) is 8.40. The summed E-state index contributed by atoms with van der Waals surface area (Å²) >= 11 is 0. The van der Waals surface area contributed by atoms with Gasteiger partial charge in [0.25, 0.3) is 0 Å². The number of aromatic nitrogens is 5. The molecule has 1 fully saturated rings. The summed E-state index contributed by atoms with van der Waals surface area (Å²) in [6.45, 7) is 1.35. The number of aromatic amines is 1. The van der Waals surface area contributed by atoms with Gasteiger partial charge in [-0.1, -0.05) is 30.3 Å². The summed E-state index contributed by atoms with van der Waals surface area (Å²) < 4.78 is 5.14. The van der Waals surface area contributed by atoms with Gasteiger partial charge in [0.15, 0.2) is 11.6 Å². The number of nitrogens with zero attached hydrogens (tertiary/aromatic N) is 5. The Morgan fingerprint density at radius 1 is 1.20 bits per heavy atom. The molecule has 7 nitrogen and oxygen atoms in total. The van der Waals surface area contributed by atoms with E-state index in [9.17, 15) is 0 Å². The van der Waals surface area contributed by atoms with Crippen LogP contribution in [0.5, 0.6) is 0 Å². The van der Waals surface area contributed by atoms with E-state index in [1.54, 1.807) is 13.3 Å². The summed E-state index contributed by atoms with van der Waals surface area (Å²) in [5.41, 5.74) is 1.01. The number of hydrogen-bond donors (Lipinski definition) is 1. The third-order valence-corrected chi connectivity index (χ3v) is 4.36. The summed E-state index contributed by atoms with van der Waals surface area (Å²) in [5, 5.41) is 7.51. The van der Waals surface area contributed by atoms with E-state index in [0.717, 1.165) is 42.4 Å². The maximum atomic E-state index is 5.14. The standard InChI is InChI=1S/C18H20N6O/c1-25-12-15-19-10-9-16(20-15)24-11-5-8-14(24)18-21-17(22-23-18)13-6-3-2-4-7-13/h2-4,6-7,9-10,14H,5,8,11-12H2,1H3,(H,21,22,23). The molecule has 0 saturated carbocycles. The predicted molar refractivity (Wildman–Crippen MR) is 93.9 cm³/mol. The zero-order valence-electron chi connectivity index (χ0n) is 14.1. The van der Waals surface area contributed by atoms with Crippen molar-refractivity contribution in [3.8, 4) is 11.4 Å². The summed E-state index contributed by atoms with van der Waals surface area (Å²) in [4.78, 5) is 15.8. The fourth-order valence-corrected chi connectivity index (χ4v) is 3.21. The predicted octanol–water partition coefficient (Wildman–Crippen LogP) is 2.75. The van der Waals surface area contributed by atoms with Crippen LogP contribution in [-0.4, -0.2) is 38.8 Å². The monoisotopic (exact) mass is 336 g/mol. The number of ether oxygens (including phenoxy) is 1. The molecule has 1 N–H and O–H groups in total. The Labute approximate surface area is 146 Å². The molecule has 7 heteroatoms. The Morgan fingerprint density at radius 2 is 2.08 bits per heavy atom. The van der Waals surface area contributed by atoms with E-state index in [1.807, 2.05) is 36.4 Å². The average Bonchev–Trinajstić information content (AvgIpc) is 3.32.